The highest BCUT2D eigenvalue weighted by molar-refractivity contribution is 7.90. The van der Waals surface area contributed by atoms with E-state index in [2.05, 4.69) is 38.1 Å². The summed E-state index contributed by atoms with van der Waals surface area (Å²) in [5, 5.41) is 1.01. The summed E-state index contributed by atoms with van der Waals surface area (Å²) in [5.74, 6) is 0.160. The van der Waals surface area contributed by atoms with Crippen LogP contribution in [0.15, 0.2) is 83.8 Å². The molecule has 0 amide bonds. The maximum atomic E-state index is 13.8. The van der Waals surface area contributed by atoms with Crippen molar-refractivity contribution < 1.29 is 8.42 Å². The molecule has 0 spiro atoms. The summed E-state index contributed by atoms with van der Waals surface area (Å²) >= 11 is 0. The molecule has 1 aliphatic carbocycles. The molecule has 4 aromatic rings. The monoisotopic (exact) mass is 415 g/mol. The predicted molar refractivity (Wildman–Crippen MR) is 122 cm³/mol. The Morgan fingerprint density at radius 1 is 0.867 bits per heavy atom. The van der Waals surface area contributed by atoms with Gasteiger partial charge in [-0.2, -0.15) is 0 Å². The minimum atomic E-state index is -3.71. The Morgan fingerprint density at radius 2 is 1.50 bits per heavy atom. The van der Waals surface area contributed by atoms with Crippen molar-refractivity contribution in [3.05, 3.63) is 101 Å². The van der Waals surface area contributed by atoms with E-state index in [1.165, 1.54) is 5.56 Å². The van der Waals surface area contributed by atoms with E-state index in [0.717, 1.165) is 34.1 Å². The lowest BCUT2D eigenvalue weighted by atomic mass is 9.93. The molecular weight excluding hydrogens is 390 g/mol. The Balaban J connectivity index is 1.74. The molecule has 0 N–H and O–H groups in total. The van der Waals surface area contributed by atoms with Crippen molar-refractivity contribution in [2.75, 3.05) is 0 Å². The third-order valence-electron chi connectivity index (χ3n) is 6.69. The Hall–Kier alpha value is -2.85. The predicted octanol–water partition coefficient (Wildman–Crippen LogP) is 5.94. The molecule has 1 aromatic heterocycles. The van der Waals surface area contributed by atoms with Crippen molar-refractivity contribution in [2.24, 2.45) is 0 Å². The second-order valence-corrected chi connectivity index (χ2v) is 10.4. The largest absolute Gasteiger partial charge is 0.268 e. The number of para-hydroxylation sites is 1. The molecule has 1 fully saturated rings. The van der Waals surface area contributed by atoms with Crippen LogP contribution in [0, 0.1) is 13.8 Å². The van der Waals surface area contributed by atoms with Gasteiger partial charge in [0.05, 0.1) is 10.4 Å². The molecule has 1 unspecified atom stereocenters. The van der Waals surface area contributed by atoms with E-state index in [0.29, 0.717) is 4.90 Å². The van der Waals surface area contributed by atoms with Crippen LogP contribution in [0.25, 0.3) is 10.9 Å². The minimum absolute atomic E-state index is 0.0546. The zero-order valence-corrected chi connectivity index (χ0v) is 18.3. The number of aryl methyl sites for hydroxylation is 2. The molecule has 0 aliphatic heterocycles. The molecule has 3 nitrogen and oxygen atoms in total. The zero-order valence-electron chi connectivity index (χ0n) is 17.5. The van der Waals surface area contributed by atoms with Crippen molar-refractivity contribution in [3.63, 3.8) is 0 Å². The highest BCUT2D eigenvalue weighted by atomic mass is 32.2. The van der Waals surface area contributed by atoms with E-state index in [-0.39, 0.29) is 11.3 Å². The molecule has 0 saturated heterocycles. The van der Waals surface area contributed by atoms with Crippen molar-refractivity contribution in [1.82, 2.24) is 3.97 Å². The van der Waals surface area contributed by atoms with E-state index in [4.69, 9.17) is 0 Å². The van der Waals surface area contributed by atoms with Crippen LogP contribution < -0.4 is 0 Å². The molecule has 2 atom stereocenters. The lowest BCUT2D eigenvalue weighted by Crippen LogP contribution is -2.17. The fourth-order valence-corrected chi connectivity index (χ4v) is 6.40. The SMILES string of the molecule is Cc1ccc(S(=O)(=O)n2c(C3C[C@@]3(C)c3ccccc3)c(C)c3ccccc32)cc1. The summed E-state index contributed by atoms with van der Waals surface area (Å²) in [6, 6.07) is 25.4. The van der Waals surface area contributed by atoms with E-state index in [1.807, 2.05) is 49.4 Å². The number of fused-ring (bicyclic) bond motifs is 1. The van der Waals surface area contributed by atoms with Gasteiger partial charge in [-0.3, -0.25) is 0 Å². The summed E-state index contributed by atoms with van der Waals surface area (Å²) in [7, 11) is -3.71. The number of hydrogen-bond donors (Lipinski definition) is 0. The van der Waals surface area contributed by atoms with Crippen LogP contribution in [0.4, 0.5) is 0 Å². The number of hydrogen-bond acceptors (Lipinski definition) is 2. The highest BCUT2D eigenvalue weighted by Gasteiger charge is 2.54. The summed E-state index contributed by atoms with van der Waals surface area (Å²) in [6.45, 7) is 6.27. The van der Waals surface area contributed by atoms with Gasteiger partial charge < -0.3 is 0 Å². The molecule has 0 radical (unpaired) electrons. The summed E-state index contributed by atoms with van der Waals surface area (Å²) in [4.78, 5) is 0.331. The Morgan fingerprint density at radius 3 is 2.20 bits per heavy atom. The molecule has 30 heavy (non-hydrogen) atoms. The number of rotatable bonds is 4. The van der Waals surface area contributed by atoms with Gasteiger partial charge in [-0.15, -0.1) is 0 Å². The van der Waals surface area contributed by atoms with E-state index in [9.17, 15) is 8.42 Å². The molecule has 5 rings (SSSR count). The van der Waals surface area contributed by atoms with Crippen LogP contribution in [-0.4, -0.2) is 12.4 Å². The van der Waals surface area contributed by atoms with Crippen LogP contribution in [-0.2, 0) is 15.4 Å². The van der Waals surface area contributed by atoms with Crippen LogP contribution in [0.2, 0.25) is 0 Å². The van der Waals surface area contributed by atoms with Gasteiger partial charge in [0.25, 0.3) is 10.0 Å². The third-order valence-corrected chi connectivity index (χ3v) is 8.43. The maximum absolute atomic E-state index is 13.8. The standard InChI is InChI=1S/C26H25NO2S/c1-18-13-15-21(16-14-18)30(28,29)27-24-12-8-7-11-22(24)19(2)25(27)23-17-26(23,3)20-9-5-4-6-10-20/h4-16,23H,17H2,1-3H3/t23?,26-/m0/s1. The smallest absolute Gasteiger partial charge is 0.237 e. The molecule has 152 valence electrons. The molecule has 0 bridgehead atoms. The first-order chi connectivity index (χ1) is 14.3. The average molecular weight is 416 g/mol. The lowest BCUT2D eigenvalue weighted by Gasteiger charge is -2.16. The van der Waals surface area contributed by atoms with Crippen molar-refractivity contribution in [3.8, 4) is 0 Å². The van der Waals surface area contributed by atoms with Gasteiger partial charge in [-0.25, -0.2) is 12.4 Å². The van der Waals surface area contributed by atoms with Gasteiger partial charge >= 0.3 is 0 Å². The Labute approximate surface area is 178 Å². The van der Waals surface area contributed by atoms with Crippen LogP contribution in [0.3, 0.4) is 0 Å². The maximum Gasteiger partial charge on any atom is 0.268 e. The quantitative estimate of drug-likeness (QED) is 0.414. The number of benzene rings is 3. The van der Waals surface area contributed by atoms with Crippen LogP contribution >= 0.6 is 0 Å². The fraction of sp³-hybridized carbons (Fsp3) is 0.231. The molecule has 1 saturated carbocycles. The van der Waals surface area contributed by atoms with Gasteiger partial charge in [0.2, 0.25) is 0 Å². The van der Waals surface area contributed by atoms with E-state index < -0.39 is 10.0 Å². The molecule has 1 aliphatic rings. The molecule has 3 aromatic carbocycles. The minimum Gasteiger partial charge on any atom is -0.237 e. The van der Waals surface area contributed by atoms with Gasteiger partial charge in [-0.05, 0) is 49.6 Å². The van der Waals surface area contributed by atoms with Crippen molar-refractivity contribution >= 4 is 20.9 Å². The topological polar surface area (TPSA) is 39.1 Å². The Bertz CT molecular complexity index is 1350. The second-order valence-electron chi connectivity index (χ2n) is 8.65. The van der Waals surface area contributed by atoms with E-state index in [1.54, 1.807) is 16.1 Å². The van der Waals surface area contributed by atoms with Crippen LogP contribution in [0.5, 0.6) is 0 Å². The third kappa shape index (κ3) is 2.74. The van der Waals surface area contributed by atoms with Crippen molar-refractivity contribution in [1.29, 1.82) is 0 Å². The highest BCUT2D eigenvalue weighted by Crippen LogP contribution is 2.61. The van der Waals surface area contributed by atoms with Crippen molar-refractivity contribution in [2.45, 2.75) is 43.4 Å². The first-order valence-electron chi connectivity index (χ1n) is 10.3. The van der Waals surface area contributed by atoms with Gasteiger partial charge in [0, 0.05) is 22.4 Å². The summed E-state index contributed by atoms with van der Waals surface area (Å²) in [5.41, 5.74) is 4.99. The molecule has 4 heteroatoms. The number of aromatic nitrogens is 1. The van der Waals surface area contributed by atoms with Gasteiger partial charge in [0.15, 0.2) is 0 Å². The van der Waals surface area contributed by atoms with Crippen LogP contribution in [0.1, 0.15) is 41.6 Å². The Kier molecular flexibility index (Phi) is 4.19. The van der Waals surface area contributed by atoms with Gasteiger partial charge in [-0.1, -0.05) is 73.2 Å². The fourth-order valence-electron chi connectivity index (χ4n) is 4.77. The number of nitrogens with zero attached hydrogens (tertiary/aromatic N) is 1. The summed E-state index contributed by atoms with van der Waals surface area (Å²) in [6.07, 6.45) is 0.942. The van der Waals surface area contributed by atoms with Gasteiger partial charge in [0.1, 0.15) is 0 Å². The second kappa shape index (κ2) is 6.58. The van der Waals surface area contributed by atoms with E-state index >= 15 is 0 Å². The molecular formula is C26H25NO2S. The average Bonchev–Trinajstić information content (AvgIpc) is 3.35. The summed E-state index contributed by atoms with van der Waals surface area (Å²) < 4.78 is 29.3. The zero-order chi connectivity index (χ0) is 21.1. The first kappa shape index (κ1) is 19.1. The lowest BCUT2D eigenvalue weighted by molar-refractivity contribution is 0.585. The molecule has 1 heterocycles. The normalized spacial score (nSPS) is 21.1. The first-order valence-corrected chi connectivity index (χ1v) is 11.8.